The number of alkyl halides is 3. The Hall–Kier alpha value is -2.65. The second-order valence-corrected chi connectivity index (χ2v) is 11.9. The van der Waals surface area contributed by atoms with Crippen LogP contribution in [-0.2, 0) is 16.2 Å². The molecule has 0 aliphatic carbocycles. The quantitative estimate of drug-likeness (QED) is 0.290. The minimum Gasteiger partial charge on any atom is -0.233 e. The summed E-state index contributed by atoms with van der Waals surface area (Å²) in [5, 5.41) is 3.81. The molecule has 9 heteroatoms. The van der Waals surface area contributed by atoms with Gasteiger partial charge in [-0.25, -0.2) is 13.1 Å². The first-order chi connectivity index (χ1) is 16.8. The van der Waals surface area contributed by atoms with Crippen molar-refractivity contribution in [3.8, 4) is 16.9 Å². The lowest BCUT2D eigenvalue weighted by molar-refractivity contribution is -0.141. The normalized spacial score (nSPS) is 12.8. The molecule has 196 valence electrons. The first-order valence-corrected chi connectivity index (χ1v) is 13.6. The second kappa shape index (κ2) is 11.2. The Balaban J connectivity index is 1.99. The number of benzene rings is 2. The Morgan fingerprint density at radius 2 is 1.42 bits per heavy atom. The molecule has 0 amide bonds. The van der Waals surface area contributed by atoms with Crippen molar-refractivity contribution >= 4 is 10.0 Å². The highest BCUT2D eigenvalue weighted by molar-refractivity contribution is 7.89. The highest BCUT2D eigenvalue weighted by Crippen LogP contribution is 2.33. The molecule has 0 N–H and O–H groups in total. The molecular weight excluding hydrogens is 487 g/mol. The van der Waals surface area contributed by atoms with Crippen molar-refractivity contribution in [3.05, 3.63) is 65.9 Å². The number of nitrogens with zero attached hydrogens (tertiary/aromatic N) is 3. The van der Waals surface area contributed by atoms with Gasteiger partial charge in [-0.3, -0.25) is 0 Å². The molecular formula is C27H34F3N3O2S. The molecule has 2 aromatic carbocycles. The van der Waals surface area contributed by atoms with Gasteiger partial charge >= 0.3 is 6.18 Å². The van der Waals surface area contributed by atoms with E-state index in [9.17, 15) is 21.6 Å². The smallest absolute Gasteiger partial charge is 0.233 e. The Kier molecular flexibility index (Phi) is 8.67. The van der Waals surface area contributed by atoms with Gasteiger partial charge in [-0.2, -0.15) is 22.6 Å². The molecule has 0 aliphatic heterocycles. The summed E-state index contributed by atoms with van der Waals surface area (Å²) in [5.74, 6) is 0.707. The van der Waals surface area contributed by atoms with Crippen LogP contribution >= 0.6 is 0 Å². The van der Waals surface area contributed by atoms with E-state index in [4.69, 9.17) is 0 Å². The molecule has 0 saturated heterocycles. The van der Waals surface area contributed by atoms with E-state index in [1.807, 2.05) is 46.8 Å². The van der Waals surface area contributed by atoms with Gasteiger partial charge in [0.15, 0.2) is 5.69 Å². The van der Waals surface area contributed by atoms with E-state index < -0.39 is 21.9 Å². The van der Waals surface area contributed by atoms with Crippen molar-refractivity contribution in [1.29, 1.82) is 0 Å². The number of sulfonamides is 1. The number of aryl methyl sites for hydroxylation is 1. The average Bonchev–Trinajstić information content (AvgIpc) is 3.25. The molecule has 1 heterocycles. The fraction of sp³-hybridized carbons (Fsp3) is 0.444. The van der Waals surface area contributed by atoms with Crippen molar-refractivity contribution in [1.82, 2.24) is 14.1 Å². The van der Waals surface area contributed by atoms with Crippen LogP contribution in [0.5, 0.6) is 0 Å². The van der Waals surface area contributed by atoms with E-state index in [1.54, 1.807) is 12.1 Å². The van der Waals surface area contributed by atoms with Gasteiger partial charge in [-0.15, -0.1) is 0 Å². The molecule has 3 rings (SSSR count). The zero-order chi connectivity index (χ0) is 26.7. The van der Waals surface area contributed by atoms with Gasteiger partial charge in [0.1, 0.15) is 0 Å². The average molecular weight is 522 g/mol. The molecule has 0 atom stereocenters. The molecule has 0 fully saturated rings. The first-order valence-electron chi connectivity index (χ1n) is 12.1. The van der Waals surface area contributed by atoms with Gasteiger partial charge in [-0.1, -0.05) is 57.5 Å². The molecule has 3 aromatic rings. The predicted molar refractivity (Wildman–Crippen MR) is 136 cm³/mol. The molecule has 0 aliphatic rings. The zero-order valence-corrected chi connectivity index (χ0v) is 22.2. The Morgan fingerprint density at radius 3 is 1.89 bits per heavy atom. The summed E-state index contributed by atoms with van der Waals surface area (Å²) < 4.78 is 70.0. The summed E-state index contributed by atoms with van der Waals surface area (Å²) >= 11 is 0. The van der Waals surface area contributed by atoms with Crippen LogP contribution in [0.2, 0.25) is 0 Å². The summed E-state index contributed by atoms with van der Waals surface area (Å²) in [7, 11) is -3.75. The van der Waals surface area contributed by atoms with E-state index in [-0.39, 0.29) is 10.6 Å². The molecule has 0 radical (unpaired) electrons. The van der Waals surface area contributed by atoms with Gasteiger partial charge in [-0.05, 0) is 61.9 Å². The van der Waals surface area contributed by atoms with Crippen LogP contribution in [0.25, 0.3) is 16.9 Å². The molecule has 36 heavy (non-hydrogen) atoms. The fourth-order valence-corrected chi connectivity index (χ4v) is 5.18. The zero-order valence-electron chi connectivity index (χ0n) is 21.4. The highest BCUT2D eigenvalue weighted by atomic mass is 32.2. The number of rotatable bonds is 10. The van der Waals surface area contributed by atoms with Crippen LogP contribution in [0.1, 0.15) is 51.8 Å². The standard InChI is InChI=1S/C27H34F3N3O2S/c1-19(2)14-16-32(17-15-20(3)4)36(34,35)24-12-10-23(11-13-24)33-25(18-26(31-33)27(28,29)30)22-8-6-21(5)7-9-22/h6-13,18-20H,14-17H2,1-5H3. The maximum absolute atomic E-state index is 13.5. The van der Waals surface area contributed by atoms with Crippen molar-refractivity contribution in [2.45, 2.75) is 58.5 Å². The van der Waals surface area contributed by atoms with Crippen LogP contribution in [0, 0.1) is 18.8 Å². The Morgan fingerprint density at radius 1 is 0.889 bits per heavy atom. The van der Waals surface area contributed by atoms with Gasteiger partial charge in [0.2, 0.25) is 10.0 Å². The van der Waals surface area contributed by atoms with E-state index in [0.29, 0.717) is 36.2 Å². The summed E-state index contributed by atoms with van der Waals surface area (Å²) in [6, 6.07) is 14.0. The van der Waals surface area contributed by atoms with Crippen LogP contribution in [-0.4, -0.2) is 35.6 Å². The highest BCUT2D eigenvalue weighted by Gasteiger charge is 2.35. The predicted octanol–water partition coefficient (Wildman–Crippen LogP) is 6.95. The maximum Gasteiger partial charge on any atom is 0.435 e. The third-order valence-electron chi connectivity index (χ3n) is 5.98. The van der Waals surface area contributed by atoms with Gasteiger partial charge in [0, 0.05) is 18.7 Å². The van der Waals surface area contributed by atoms with Crippen LogP contribution in [0.3, 0.4) is 0 Å². The number of hydrogen-bond donors (Lipinski definition) is 0. The van der Waals surface area contributed by atoms with E-state index >= 15 is 0 Å². The minimum absolute atomic E-state index is 0.110. The van der Waals surface area contributed by atoms with Gasteiger partial charge in [0.25, 0.3) is 0 Å². The van der Waals surface area contributed by atoms with E-state index in [0.717, 1.165) is 24.5 Å². The first kappa shape index (κ1) is 27.9. The summed E-state index contributed by atoms with van der Waals surface area (Å²) in [4.78, 5) is 0.110. The Labute approximate surface area is 212 Å². The molecule has 0 spiro atoms. The second-order valence-electron chi connectivity index (χ2n) is 9.95. The van der Waals surface area contributed by atoms with Crippen molar-refractivity contribution in [2.75, 3.05) is 13.1 Å². The van der Waals surface area contributed by atoms with E-state index in [2.05, 4.69) is 5.10 Å². The SMILES string of the molecule is Cc1ccc(-c2cc(C(F)(F)F)nn2-c2ccc(S(=O)(=O)N(CCC(C)C)CCC(C)C)cc2)cc1. The molecule has 0 bridgehead atoms. The lowest BCUT2D eigenvalue weighted by Crippen LogP contribution is -2.34. The topological polar surface area (TPSA) is 55.2 Å². The van der Waals surface area contributed by atoms with Crippen LogP contribution in [0.15, 0.2) is 59.5 Å². The third kappa shape index (κ3) is 6.76. The summed E-state index contributed by atoms with van der Waals surface area (Å²) in [5.41, 5.74) is 1.16. The Bertz CT molecular complexity index is 1230. The van der Waals surface area contributed by atoms with E-state index in [1.165, 1.54) is 33.3 Å². The monoisotopic (exact) mass is 521 g/mol. The number of halogens is 3. The van der Waals surface area contributed by atoms with Crippen molar-refractivity contribution < 1.29 is 21.6 Å². The molecule has 0 saturated carbocycles. The van der Waals surface area contributed by atoms with Crippen LogP contribution < -0.4 is 0 Å². The molecule has 0 unspecified atom stereocenters. The number of aromatic nitrogens is 2. The summed E-state index contributed by atoms with van der Waals surface area (Å²) in [6.07, 6.45) is -3.13. The summed E-state index contributed by atoms with van der Waals surface area (Å²) in [6.45, 7) is 10.9. The van der Waals surface area contributed by atoms with Gasteiger partial charge < -0.3 is 0 Å². The number of hydrogen-bond acceptors (Lipinski definition) is 3. The fourth-order valence-electron chi connectivity index (χ4n) is 3.71. The largest absolute Gasteiger partial charge is 0.435 e. The van der Waals surface area contributed by atoms with Crippen molar-refractivity contribution in [3.63, 3.8) is 0 Å². The van der Waals surface area contributed by atoms with Crippen LogP contribution in [0.4, 0.5) is 13.2 Å². The third-order valence-corrected chi connectivity index (χ3v) is 7.89. The molecule has 1 aromatic heterocycles. The lowest BCUT2D eigenvalue weighted by Gasteiger charge is -2.24. The minimum atomic E-state index is -4.61. The maximum atomic E-state index is 13.5. The van der Waals surface area contributed by atoms with Gasteiger partial charge in [0.05, 0.1) is 16.3 Å². The lowest BCUT2D eigenvalue weighted by atomic mass is 10.1. The molecule has 5 nitrogen and oxygen atoms in total. The van der Waals surface area contributed by atoms with Crippen molar-refractivity contribution in [2.24, 2.45) is 11.8 Å².